The first-order valence-electron chi connectivity index (χ1n) is 7.81. The largest absolute Gasteiger partial charge is 0.487 e. The molecule has 0 fully saturated rings. The van der Waals surface area contributed by atoms with E-state index in [9.17, 15) is 0 Å². The van der Waals surface area contributed by atoms with E-state index in [-0.39, 0.29) is 0 Å². The number of benzene rings is 2. The van der Waals surface area contributed by atoms with Gasteiger partial charge in [-0.05, 0) is 74.2 Å². The average molecular weight is 463 g/mol. The summed E-state index contributed by atoms with van der Waals surface area (Å²) < 4.78 is 13.0. The molecule has 25 heavy (non-hydrogen) atoms. The van der Waals surface area contributed by atoms with Crippen LogP contribution >= 0.6 is 31.9 Å². The van der Waals surface area contributed by atoms with Gasteiger partial charge in [-0.1, -0.05) is 29.8 Å². The summed E-state index contributed by atoms with van der Waals surface area (Å²) in [7, 11) is 0. The van der Waals surface area contributed by atoms with Crippen LogP contribution in [-0.4, -0.2) is 6.21 Å². The van der Waals surface area contributed by atoms with Crippen LogP contribution in [0, 0.1) is 6.92 Å². The van der Waals surface area contributed by atoms with Gasteiger partial charge >= 0.3 is 0 Å². The Kier molecular flexibility index (Phi) is 6.10. The summed E-state index contributed by atoms with van der Waals surface area (Å²) in [4.78, 5) is 4.40. The Morgan fingerprint density at radius 2 is 1.80 bits per heavy atom. The monoisotopic (exact) mass is 461 g/mol. The van der Waals surface area contributed by atoms with Crippen molar-refractivity contribution in [3.05, 3.63) is 86.2 Å². The van der Waals surface area contributed by atoms with E-state index in [1.807, 2.05) is 30.5 Å². The van der Waals surface area contributed by atoms with Crippen molar-refractivity contribution in [1.29, 1.82) is 0 Å². The predicted octanol–water partition coefficient (Wildman–Crippen LogP) is 6.31. The Bertz CT molecular complexity index is 833. The summed E-state index contributed by atoms with van der Waals surface area (Å²) in [6.45, 7) is 3.11. The summed E-state index contributed by atoms with van der Waals surface area (Å²) >= 11 is 7.16. The molecule has 0 aliphatic rings. The van der Waals surface area contributed by atoms with Gasteiger partial charge < -0.3 is 9.15 Å². The van der Waals surface area contributed by atoms with Crippen LogP contribution in [0.5, 0.6) is 5.75 Å². The number of halogens is 2. The van der Waals surface area contributed by atoms with Crippen molar-refractivity contribution in [1.82, 2.24) is 0 Å². The SMILES string of the molecule is Cc1ccc(COc2c(Br)cc(C=NCc3ccco3)cc2Br)cc1. The zero-order valence-electron chi connectivity index (χ0n) is 13.7. The minimum absolute atomic E-state index is 0.517. The third-order valence-electron chi connectivity index (χ3n) is 3.59. The fourth-order valence-corrected chi connectivity index (χ4v) is 3.73. The third-order valence-corrected chi connectivity index (χ3v) is 4.77. The standard InChI is InChI=1S/C20H17Br2NO2/c1-14-4-6-15(7-5-14)13-25-20-18(21)9-16(10-19(20)22)11-23-12-17-3-2-8-24-17/h2-11H,12-13H2,1H3. The lowest BCUT2D eigenvalue weighted by Crippen LogP contribution is -1.98. The van der Waals surface area contributed by atoms with Gasteiger partial charge in [0.25, 0.3) is 0 Å². The number of hydrogen-bond acceptors (Lipinski definition) is 3. The number of ether oxygens (including phenoxy) is 1. The van der Waals surface area contributed by atoms with Crippen molar-refractivity contribution in [2.75, 3.05) is 0 Å². The molecular formula is C20H17Br2NO2. The number of furan rings is 1. The molecule has 0 unspecified atom stereocenters. The van der Waals surface area contributed by atoms with Crippen molar-refractivity contribution >= 4 is 38.1 Å². The molecule has 0 amide bonds. The number of nitrogens with zero attached hydrogens (tertiary/aromatic N) is 1. The van der Waals surface area contributed by atoms with Crippen LogP contribution in [0.15, 0.2) is 73.1 Å². The Labute approximate surface area is 164 Å². The van der Waals surface area contributed by atoms with Crippen LogP contribution in [0.2, 0.25) is 0 Å². The highest BCUT2D eigenvalue weighted by atomic mass is 79.9. The van der Waals surface area contributed by atoms with Crippen molar-refractivity contribution in [3.63, 3.8) is 0 Å². The Hall–Kier alpha value is -1.85. The average Bonchev–Trinajstić information content (AvgIpc) is 3.09. The van der Waals surface area contributed by atoms with Crippen LogP contribution in [0.1, 0.15) is 22.5 Å². The van der Waals surface area contributed by atoms with Gasteiger partial charge in [-0.15, -0.1) is 0 Å². The van der Waals surface area contributed by atoms with Gasteiger partial charge in [0, 0.05) is 6.21 Å². The molecule has 3 rings (SSSR count). The lowest BCUT2D eigenvalue weighted by Gasteiger charge is -2.11. The van der Waals surface area contributed by atoms with Crippen LogP contribution in [0.25, 0.3) is 0 Å². The highest BCUT2D eigenvalue weighted by molar-refractivity contribution is 9.11. The molecule has 0 aliphatic carbocycles. The van der Waals surface area contributed by atoms with Gasteiger partial charge in [0.15, 0.2) is 0 Å². The maximum Gasteiger partial charge on any atom is 0.148 e. The molecule has 1 heterocycles. The summed E-state index contributed by atoms with van der Waals surface area (Å²) in [5, 5.41) is 0. The number of aliphatic imine (C=N–C) groups is 1. The Morgan fingerprint density at radius 1 is 1.08 bits per heavy atom. The molecule has 0 N–H and O–H groups in total. The first kappa shape index (κ1) is 18.0. The zero-order chi connectivity index (χ0) is 17.6. The van der Waals surface area contributed by atoms with Gasteiger partial charge in [0.1, 0.15) is 18.1 Å². The van der Waals surface area contributed by atoms with E-state index >= 15 is 0 Å². The predicted molar refractivity (Wildman–Crippen MR) is 107 cm³/mol. The molecule has 0 atom stereocenters. The molecular weight excluding hydrogens is 446 g/mol. The van der Waals surface area contributed by atoms with Gasteiger partial charge in [-0.25, -0.2) is 0 Å². The second kappa shape index (κ2) is 8.50. The highest BCUT2D eigenvalue weighted by Crippen LogP contribution is 2.35. The first-order valence-corrected chi connectivity index (χ1v) is 9.40. The molecule has 0 aliphatic heterocycles. The molecule has 0 bridgehead atoms. The fourth-order valence-electron chi connectivity index (χ4n) is 2.28. The molecule has 128 valence electrons. The van der Waals surface area contributed by atoms with Gasteiger partial charge in [0.05, 0.1) is 21.8 Å². The van der Waals surface area contributed by atoms with Crippen LogP contribution in [-0.2, 0) is 13.2 Å². The van der Waals surface area contributed by atoms with E-state index in [0.29, 0.717) is 13.2 Å². The summed E-state index contributed by atoms with van der Waals surface area (Å²) in [5.74, 6) is 1.62. The molecule has 2 aromatic carbocycles. The molecule has 3 aromatic rings. The minimum Gasteiger partial charge on any atom is -0.487 e. The third kappa shape index (κ3) is 5.06. The topological polar surface area (TPSA) is 34.7 Å². The van der Waals surface area contributed by atoms with Crippen molar-refractivity contribution in [3.8, 4) is 5.75 Å². The van der Waals surface area contributed by atoms with E-state index in [1.54, 1.807) is 6.26 Å². The Balaban J connectivity index is 1.67. The molecule has 1 aromatic heterocycles. The normalized spacial score (nSPS) is 11.2. The highest BCUT2D eigenvalue weighted by Gasteiger charge is 2.09. The quantitative estimate of drug-likeness (QED) is 0.402. The number of rotatable bonds is 6. The van der Waals surface area contributed by atoms with Crippen molar-refractivity contribution in [2.24, 2.45) is 4.99 Å². The van der Waals surface area contributed by atoms with Gasteiger partial charge in [-0.3, -0.25) is 4.99 Å². The first-order chi connectivity index (χ1) is 12.1. The molecule has 0 spiro atoms. The molecule has 5 heteroatoms. The minimum atomic E-state index is 0.517. The molecule has 0 saturated heterocycles. The smallest absolute Gasteiger partial charge is 0.148 e. The molecule has 0 saturated carbocycles. The number of hydrogen-bond donors (Lipinski definition) is 0. The lowest BCUT2D eigenvalue weighted by molar-refractivity contribution is 0.302. The number of aryl methyl sites for hydroxylation is 1. The van der Waals surface area contributed by atoms with Crippen molar-refractivity contribution < 1.29 is 9.15 Å². The summed E-state index contributed by atoms with van der Waals surface area (Å²) in [6.07, 6.45) is 3.47. The molecule has 3 nitrogen and oxygen atoms in total. The lowest BCUT2D eigenvalue weighted by atomic mass is 10.2. The molecule has 0 radical (unpaired) electrons. The van der Waals surface area contributed by atoms with Crippen LogP contribution in [0.3, 0.4) is 0 Å². The van der Waals surface area contributed by atoms with E-state index in [1.165, 1.54) is 5.56 Å². The summed E-state index contributed by atoms with van der Waals surface area (Å²) in [5.41, 5.74) is 3.35. The second-order valence-electron chi connectivity index (χ2n) is 5.64. The fraction of sp³-hybridized carbons (Fsp3) is 0.150. The second-order valence-corrected chi connectivity index (χ2v) is 7.35. The van der Waals surface area contributed by atoms with Crippen LogP contribution in [0.4, 0.5) is 0 Å². The van der Waals surface area contributed by atoms with E-state index in [2.05, 4.69) is 68.0 Å². The maximum atomic E-state index is 5.96. The van der Waals surface area contributed by atoms with E-state index in [0.717, 1.165) is 31.6 Å². The van der Waals surface area contributed by atoms with Gasteiger partial charge in [0.2, 0.25) is 0 Å². The van der Waals surface area contributed by atoms with Gasteiger partial charge in [-0.2, -0.15) is 0 Å². The maximum absolute atomic E-state index is 5.96. The van der Waals surface area contributed by atoms with E-state index in [4.69, 9.17) is 9.15 Å². The summed E-state index contributed by atoms with van der Waals surface area (Å²) in [6, 6.07) is 16.1. The van der Waals surface area contributed by atoms with E-state index < -0.39 is 0 Å². The zero-order valence-corrected chi connectivity index (χ0v) is 16.9. The van der Waals surface area contributed by atoms with Crippen molar-refractivity contribution in [2.45, 2.75) is 20.1 Å². The van der Waals surface area contributed by atoms with Crippen LogP contribution < -0.4 is 4.74 Å². The Morgan fingerprint density at radius 3 is 2.44 bits per heavy atom.